The average molecular weight is 261 g/mol. The first-order valence-corrected chi connectivity index (χ1v) is 6.89. The van der Waals surface area contributed by atoms with Crippen molar-refractivity contribution in [3.63, 3.8) is 0 Å². The molecule has 0 amide bonds. The molecule has 1 aliphatic rings. The summed E-state index contributed by atoms with van der Waals surface area (Å²) in [6.07, 6.45) is 2.49. The van der Waals surface area contributed by atoms with Crippen LogP contribution in [0, 0.1) is 6.92 Å². The first kappa shape index (κ1) is 11.9. The van der Waals surface area contributed by atoms with Crippen molar-refractivity contribution < 1.29 is 0 Å². The number of pyridine rings is 1. The van der Waals surface area contributed by atoms with E-state index in [9.17, 15) is 0 Å². The van der Waals surface area contributed by atoms with Crippen molar-refractivity contribution in [1.29, 1.82) is 0 Å². The number of halogens is 1. The van der Waals surface area contributed by atoms with Gasteiger partial charge in [0.2, 0.25) is 0 Å². The van der Waals surface area contributed by atoms with E-state index in [0.717, 1.165) is 29.3 Å². The van der Waals surface area contributed by atoms with Crippen LogP contribution >= 0.6 is 11.6 Å². The molecule has 94 valence electrons. The minimum absolute atomic E-state index is 0.585. The van der Waals surface area contributed by atoms with E-state index in [4.69, 9.17) is 11.6 Å². The van der Waals surface area contributed by atoms with Gasteiger partial charge in [-0.25, -0.2) is 0 Å². The highest BCUT2D eigenvalue weighted by atomic mass is 35.5. The average Bonchev–Trinajstić information content (AvgIpc) is 2.39. The topological polar surface area (TPSA) is 24.9 Å². The molecule has 0 aliphatic carbocycles. The molecule has 3 heteroatoms. The van der Waals surface area contributed by atoms with Crippen molar-refractivity contribution >= 4 is 22.5 Å². The van der Waals surface area contributed by atoms with Crippen molar-refractivity contribution in [2.24, 2.45) is 0 Å². The van der Waals surface area contributed by atoms with Crippen molar-refractivity contribution in [2.75, 3.05) is 13.1 Å². The Balaban J connectivity index is 2.16. The molecule has 0 spiro atoms. The molecule has 18 heavy (non-hydrogen) atoms. The van der Waals surface area contributed by atoms with Crippen LogP contribution in [0.15, 0.2) is 24.3 Å². The van der Waals surface area contributed by atoms with Gasteiger partial charge in [0.1, 0.15) is 0 Å². The number of fused-ring (bicyclic) bond motifs is 1. The maximum absolute atomic E-state index is 6.13. The zero-order valence-electron chi connectivity index (χ0n) is 10.5. The number of rotatable bonds is 1. The predicted molar refractivity (Wildman–Crippen MR) is 76.3 cm³/mol. The van der Waals surface area contributed by atoms with Crippen molar-refractivity contribution in [3.8, 4) is 0 Å². The van der Waals surface area contributed by atoms with E-state index in [-0.39, 0.29) is 0 Å². The zero-order valence-corrected chi connectivity index (χ0v) is 11.3. The lowest BCUT2D eigenvalue weighted by Crippen LogP contribution is -2.28. The minimum Gasteiger partial charge on any atom is -0.316 e. The normalized spacial score (nSPS) is 20.2. The third-order valence-corrected chi connectivity index (χ3v) is 3.90. The summed E-state index contributed by atoms with van der Waals surface area (Å²) in [5.41, 5.74) is 3.54. The summed E-state index contributed by atoms with van der Waals surface area (Å²) in [4.78, 5) is 4.59. The third kappa shape index (κ3) is 2.23. The Morgan fingerprint density at radius 1 is 1.33 bits per heavy atom. The molecular weight excluding hydrogens is 244 g/mol. The summed E-state index contributed by atoms with van der Waals surface area (Å²) in [6.45, 7) is 4.26. The zero-order chi connectivity index (χ0) is 12.5. The van der Waals surface area contributed by atoms with Crippen LogP contribution < -0.4 is 5.32 Å². The van der Waals surface area contributed by atoms with E-state index in [1.165, 1.54) is 23.8 Å². The van der Waals surface area contributed by atoms with Gasteiger partial charge >= 0.3 is 0 Å². The molecule has 2 heterocycles. The second-order valence-corrected chi connectivity index (χ2v) is 5.49. The van der Waals surface area contributed by atoms with E-state index in [1.54, 1.807) is 0 Å². The molecule has 2 aromatic rings. The van der Waals surface area contributed by atoms with Crippen LogP contribution in [0.5, 0.6) is 0 Å². The fraction of sp³-hybridized carbons (Fsp3) is 0.400. The molecular formula is C15H17ClN2. The molecule has 0 radical (unpaired) electrons. The first-order chi connectivity index (χ1) is 8.74. The van der Waals surface area contributed by atoms with Gasteiger partial charge in [-0.15, -0.1) is 0 Å². The highest BCUT2D eigenvalue weighted by molar-refractivity contribution is 6.31. The van der Waals surface area contributed by atoms with Gasteiger partial charge < -0.3 is 5.32 Å². The van der Waals surface area contributed by atoms with Gasteiger partial charge in [0.25, 0.3) is 0 Å². The van der Waals surface area contributed by atoms with Crippen LogP contribution in [-0.2, 0) is 0 Å². The molecule has 1 saturated heterocycles. The summed E-state index contributed by atoms with van der Waals surface area (Å²) in [7, 11) is 0. The van der Waals surface area contributed by atoms with Crippen LogP contribution in [-0.4, -0.2) is 18.1 Å². The SMILES string of the molecule is Cc1cc(C2CCCNC2)c2cc(Cl)ccc2n1. The van der Waals surface area contributed by atoms with Crippen LogP contribution in [0.25, 0.3) is 10.9 Å². The number of hydrogen-bond acceptors (Lipinski definition) is 2. The minimum atomic E-state index is 0.585. The maximum atomic E-state index is 6.13. The molecule has 3 rings (SSSR count). The summed E-state index contributed by atoms with van der Waals surface area (Å²) in [5, 5.41) is 5.48. The number of benzene rings is 1. The number of piperidine rings is 1. The molecule has 0 bridgehead atoms. The molecule has 1 atom stereocenters. The molecule has 1 N–H and O–H groups in total. The second-order valence-electron chi connectivity index (χ2n) is 5.06. The largest absolute Gasteiger partial charge is 0.316 e. The summed E-state index contributed by atoms with van der Waals surface area (Å²) < 4.78 is 0. The fourth-order valence-corrected chi connectivity index (χ4v) is 2.99. The number of aromatic nitrogens is 1. The Hall–Kier alpha value is -1.12. The Labute approximate surface area is 112 Å². The first-order valence-electron chi connectivity index (χ1n) is 6.51. The molecule has 1 unspecified atom stereocenters. The van der Waals surface area contributed by atoms with Crippen molar-refractivity contribution in [1.82, 2.24) is 10.3 Å². The van der Waals surface area contributed by atoms with E-state index < -0.39 is 0 Å². The van der Waals surface area contributed by atoms with Gasteiger partial charge in [-0.2, -0.15) is 0 Å². The Morgan fingerprint density at radius 3 is 3.00 bits per heavy atom. The lowest BCUT2D eigenvalue weighted by atomic mass is 9.89. The Morgan fingerprint density at radius 2 is 2.22 bits per heavy atom. The molecule has 2 nitrogen and oxygen atoms in total. The van der Waals surface area contributed by atoms with E-state index >= 15 is 0 Å². The number of nitrogens with zero attached hydrogens (tertiary/aromatic N) is 1. The van der Waals surface area contributed by atoms with Crippen molar-refractivity contribution in [3.05, 3.63) is 40.5 Å². The lowest BCUT2D eigenvalue weighted by Gasteiger charge is -2.24. The summed E-state index contributed by atoms with van der Waals surface area (Å²) in [6, 6.07) is 8.20. The molecule has 1 aliphatic heterocycles. The van der Waals surface area contributed by atoms with E-state index in [0.29, 0.717) is 5.92 Å². The van der Waals surface area contributed by atoms with E-state index in [2.05, 4.69) is 23.3 Å². The van der Waals surface area contributed by atoms with Gasteiger partial charge in [0.05, 0.1) is 5.52 Å². The monoisotopic (exact) mass is 260 g/mol. The van der Waals surface area contributed by atoms with Gasteiger partial charge in [0, 0.05) is 22.6 Å². The highest BCUT2D eigenvalue weighted by Crippen LogP contribution is 2.31. The Kier molecular flexibility index (Phi) is 3.23. The van der Waals surface area contributed by atoms with E-state index in [1.807, 2.05) is 18.2 Å². The van der Waals surface area contributed by atoms with Crippen molar-refractivity contribution in [2.45, 2.75) is 25.7 Å². The summed E-state index contributed by atoms with van der Waals surface area (Å²) in [5.74, 6) is 0.585. The number of aryl methyl sites for hydroxylation is 1. The smallest absolute Gasteiger partial charge is 0.0709 e. The van der Waals surface area contributed by atoms with Gasteiger partial charge in [0.15, 0.2) is 0 Å². The van der Waals surface area contributed by atoms with Crippen LogP contribution in [0.3, 0.4) is 0 Å². The fourth-order valence-electron chi connectivity index (χ4n) is 2.82. The lowest BCUT2D eigenvalue weighted by molar-refractivity contribution is 0.463. The number of nitrogens with one attached hydrogen (secondary N) is 1. The molecule has 1 aromatic heterocycles. The summed E-state index contributed by atoms with van der Waals surface area (Å²) >= 11 is 6.13. The third-order valence-electron chi connectivity index (χ3n) is 3.67. The number of hydrogen-bond donors (Lipinski definition) is 1. The molecule has 0 saturated carbocycles. The molecule has 1 fully saturated rings. The highest BCUT2D eigenvalue weighted by Gasteiger charge is 2.18. The van der Waals surface area contributed by atoms with Gasteiger partial charge in [-0.3, -0.25) is 4.98 Å². The Bertz CT molecular complexity index is 574. The predicted octanol–water partition coefficient (Wildman–Crippen LogP) is 3.66. The van der Waals surface area contributed by atoms with Crippen LogP contribution in [0.4, 0.5) is 0 Å². The molecule has 1 aromatic carbocycles. The second kappa shape index (κ2) is 4.87. The van der Waals surface area contributed by atoms with Gasteiger partial charge in [-0.1, -0.05) is 11.6 Å². The van der Waals surface area contributed by atoms with Gasteiger partial charge in [-0.05, 0) is 62.1 Å². The van der Waals surface area contributed by atoms with Crippen LogP contribution in [0.1, 0.15) is 30.0 Å². The maximum Gasteiger partial charge on any atom is 0.0709 e. The quantitative estimate of drug-likeness (QED) is 0.846. The van der Waals surface area contributed by atoms with Crippen LogP contribution in [0.2, 0.25) is 5.02 Å². The standard InChI is InChI=1S/C15H17ClN2/c1-10-7-13(11-3-2-6-17-9-11)14-8-12(16)4-5-15(14)18-10/h4-5,7-8,11,17H,2-3,6,9H2,1H3.